The van der Waals surface area contributed by atoms with Crippen molar-refractivity contribution < 1.29 is 9.13 Å². The Hall–Kier alpha value is -1.29. The largest absolute Gasteiger partial charge is 0.496 e. The number of likely N-dealkylation sites (tertiary alicyclic amines) is 1. The van der Waals surface area contributed by atoms with Crippen molar-refractivity contribution in [3.63, 3.8) is 0 Å². The molecule has 108 valence electrons. The zero-order valence-electron chi connectivity index (χ0n) is 12.4. The minimum Gasteiger partial charge on any atom is -0.496 e. The number of methoxy groups -OCH3 is 1. The molecule has 1 N–H and O–H groups in total. The van der Waals surface area contributed by atoms with Crippen molar-refractivity contribution in [2.75, 3.05) is 38.7 Å². The number of nitrogens with one attached hydrogen (secondary N) is 1. The number of nitrogens with zero attached hydrogens (tertiary/aromatic N) is 1. The number of hydrogen-bond donors (Lipinski definition) is 1. The Morgan fingerprint density at radius 3 is 2.63 bits per heavy atom. The lowest BCUT2D eigenvalue weighted by Crippen LogP contribution is -2.55. The van der Waals surface area contributed by atoms with Gasteiger partial charge in [0.05, 0.1) is 13.2 Å². The Morgan fingerprint density at radius 2 is 2.05 bits per heavy atom. The summed E-state index contributed by atoms with van der Waals surface area (Å²) in [6, 6.07) is 6.52. The first-order valence-corrected chi connectivity index (χ1v) is 6.92. The van der Waals surface area contributed by atoms with Gasteiger partial charge in [-0.05, 0) is 18.6 Å². The van der Waals surface area contributed by atoms with Crippen molar-refractivity contribution >= 4 is 5.69 Å². The summed E-state index contributed by atoms with van der Waals surface area (Å²) in [5, 5.41) is 3.42. The number of benzene rings is 1. The Kier molecular flexibility index (Phi) is 6.64. The van der Waals surface area contributed by atoms with Gasteiger partial charge in [-0.2, -0.15) is 0 Å². The molecule has 0 saturated carbocycles. The SMILES string of the molecule is CC.COc1cc(NC2CN(CCF)C2)ccc1C. The van der Waals surface area contributed by atoms with Gasteiger partial charge in [-0.1, -0.05) is 19.9 Å². The highest BCUT2D eigenvalue weighted by atomic mass is 19.1. The molecule has 1 aliphatic heterocycles. The standard InChI is InChI=1S/C13H19FN2O.C2H6/c1-10-3-4-11(7-13(10)17-2)15-12-8-16(9-12)6-5-14;1-2/h3-4,7,12,15H,5-6,8-9H2,1-2H3;1-2H3. The molecule has 1 saturated heterocycles. The van der Waals surface area contributed by atoms with Crippen molar-refractivity contribution in [2.24, 2.45) is 0 Å². The highest BCUT2D eigenvalue weighted by Gasteiger charge is 2.25. The molecule has 1 aromatic rings. The maximum absolute atomic E-state index is 12.1. The Bertz CT molecular complexity index is 378. The van der Waals surface area contributed by atoms with Crippen LogP contribution in [0.15, 0.2) is 18.2 Å². The predicted molar refractivity (Wildman–Crippen MR) is 78.9 cm³/mol. The monoisotopic (exact) mass is 268 g/mol. The van der Waals surface area contributed by atoms with Crippen LogP contribution >= 0.6 is 0 Å². The van der Waals surface area contributed by atoms with Gasteiger partial charge in [-0.3, -0.25) is 4.90 Å². The van der Waals surface area contributed by atoms with Crippen molar-refractivity contribution in [1.82, 2.24) is 4.90 Å². The number of rotatable bonds is 5. The summed E-state index contributed by atoms with van der Waals surface area (Å²) in [5.41, 5.74) is 2.20. The molecule has 0 unspecified atom stereocenters. The molecule has 1 aliphatic rings. The van der Waals surface area contributed by atoms with E-state index in [9.17, 15) is 4.39 Å². The van der Waals surface area contributed by atoms with Gasteiger partial charge in [0.15, 0.2) is 0 Å². The molecule has 0 spiro atoms. The fraction of sp³-hybridized carbons (Fsp3) is 0.600. The van der Waals surface area contributed by atoms with E-state index >= 15 is 0 Å². The van der Waals surface area contributed by atoms with E-state index in [-0.39, 0.29) is 6.67 Å². The zero-order chi connectivity index (χ0) is 14.3. The molecule has 0 aromatic heterocycles. The summed E-state index contributed by atoms with van der Waals surface area (Å²) < 4.78 is 17.4. The van der Waals surface area contributed by atoms with E-state index in [0.717, 1.165) is 30.1 Å². The first-order valence-electron chi connectivity index (χ1n) is 6.92. The topological polar surface area (TPSA) is 24.5 Å². The van der Waals surface area contributed by atoms with Crippen LogP contribution in [0.5, 0.6) is 5.75 Å². The molecule has 1 fully saturated rings. The van der Waals surface area contributed by atoms with E-state index < -0.39 is 0 Å². The van der Waals surface area contributed by atoms with Crippen molar-refractivity contribution in [3.05, 3.63) is 23.8 Å². The number of anilines is 1. The van der Waals surface area contributed by atoms with Crippen LogP contribution in [0.2, 0.25) is 0 Å². The molecule has 3 nitrogen and oxygen atoms in total. The third-order valence-corrected chi connectivity index (χ3v) is 3.14. The minimum absolute atomic E-state index is 0.259. The van der Waals surface area contributed by atoms with Crippen LogP contribution in [0.4, 0.5) is 10.1 Å². The van der Waals surface area contributed by atoms with Crippen LogP contribution < -0.4 is 10.1 Å². The number of ether oxygens (including phenoxy) is 1. The number of alkyl halides is 1. The van der Waals surface area contributed by atoms with Gasteiger partial charge in [-0.25, -0.2) is 4.39 Å². The van der Waals surface area contributed by atoms with E-state index in [1.54, 1.807) is 7.11 Å². The van der Waals surface area contributed by atoms with E-state index in [0.29, 0.717) is 12.6 Å². The number of aryl methyl sites for hydroxylation is 1. The summed E-state index contributed by atoms with van der Waals surface area (Å²) in [6.07, 6.45) is 0. The normalized spacial score (nSPS) is 15.2. The fourth-order valence-corrected chi connectivity index (χ4v) is 2.11. The summed E-state index contributed by atoms with van der Waals surface area (Å²) in [4.78, 5) is 2.10. The third-order valence-electron chi connectivity index (χ3n) is 3.14. The van der Waals surface area contributed by atoms with E-state index in [4.69, 9.17) is 4.74 Å². The van der Waals surface area contributed by atoms with Gasteiger partial charge in [0.2, 0.25) is 0 Å². The van der Waals surface area contributed by atoms with Crippen molar-refractivity contribution in [2.45, 2.75) is 26.8 Å². The van der Waals surface area contributed by atoms with Gasteiger partial charge < -0.3 is 10.1 Å². The maximum Gasteiger partial charge on any atom is 0.123 e. The first kappa shape index (κ1) is 15.8. The predicted octanol–water partition coefficient (Wildman–Crippen LogP) is 3.10. The second kappa shape index (κ2) is 8.00. The molecule has 0 bridgehead atoms. The highest BCUT2D eigenvalue weighted by Crippen LogP contribution is 2.23. The van der Waals surface area contributed by atoms with Gasteiger partial charge in [0, 0.05) is 31.4 Å². The second-order valence-electron chi connectivity index (χ2n) is 4.47. The lowest BCUT2D eigenvalue weighted by atomic mass is 10.1. The van der Waals surface area contributed by atoms with Gasteiger partial charge in [0.25, 0.3) is 0 Å². The molecule has 0 radical (unpaired) electrons. The summed E-state index contributed by atoms with van der Waals surface area (Å²) >= 11 is 0. The molecule has 4 heteroatoms. The Morgan fingerprint density at radius 1 is 1.37 bits per heavy atom. The Balaban J connectivity index is 0.000000861. The van der Waals surface area contributed by atoms with Gasteiger partial charge in [-0.15, -0.1) is 0 Å². The molecular formula is C15H25FN2O. The summed E-state index contributed by atoms with van der Waals surface area (Å²) in [6.45, 7) is 8.15. The molecule has 0 aliphatic carbocycles. The lowest BCUT2D eigenvalue weighted by molar-refractivity contribution is 0.150. The van der Waals surface area contributed by atoms with Crippen LogP contribution in [0.1, 0.15) is 19.4 Å². The molecule has 0 amide bonds. The molecular weight excluding hydrogens is 243 g/mol. The average molecular weight is 268 g/mol. The van der Waals surface area contributed by atoms with E-state index in [2.05, 4.69) is 16.3 Å². The molecule has 2 rings (SSSR count). The summed E-state index contributed by atoms with van der Waals surface area (Å²) in [7, 11) is 1.68. The maximum atomic E-state index is 12.1. The molecule has 1 heterocycles. The highest BCUT2D eigenvalue weighted by molar-refractivity contribution is 5.52. The Labute approximate surface area is 115 Å². The van der Waals surface area contributed by atoms with Crippen molar-refractivity contribution in [1.29, 1.82) is 0 Å². The molecule has 1 aromatic carbocycles. The third kappa shape index (κ3) is 4.39. The average Bonchev–Trinajstić information content (AvgIpc) is 2.40. The van der Waals surface area contributed by atoms with Crippen LogP contribution in [-0.4, -0.2) is 44.4 Å². The van der Waals surface area contributed by atoms with E-state index in [1.165, 1.54) is 0 Å². The van der Waals surface area contributed by atoms with Crippen LogP contribution in [0, 0.1) is 6.92 Å². The smallest absolute Gasteiger partial charge is 0.123 e. The van der Waals surface area contributed by atoms with Crippen molar-refractivity contribution in [3.8, 4) is 5.75 Å². The molecule has 19 heavy (non-hydrogen) atoms. The summed E-state index contributed by atoms with van der Waals surface area (Å²) in [5.74, 6) is 0.898. The van der Waals surface area contributed by atoms with Crippen LogP contribution in [-0.2, 0) is 0 Å². The van der Waals surface area contributed by atoms with Gasteiger partial charge >= 0.3 is 0 Å². The quantitative estimate of drug-likeness (QED) is 0.888. The van der Waals surface area contributed by atoms with Gasteiger partial charge in [0.1, 0.15) is 12.4 Å². The molecule has 0 atom stereocenters. The lowest BCUT2D eigenvalue weighted by Gasteiger charge is -2.39. The first-order chi connectivity index (χ1) is 9.22. The number of hydrogen-bond acceptors (Lipinski definition) is 3. The fourth-order valence-electron chi connectivity index (χ4n) is 2.11. The second-order valence-corrected chi connectivity index (χ2v) is 4.47. The van der Waals surface area contributed by atoms with Crippen LogP contribution in [0.3, 0.4) is 0 Å². The minimum atomic E-state index is -0.259. The number of halogens is 1. The van der Waals surface area contributed by atoms with E-state index in [1.807, 2.05) is 32.9 Å². The zero-order valence-corrected chi connectivity index (χ0v) is 12.4. The van der Waals surface area contributed by atoms with Crippen LogP contribution in [0.25, 0.3) is 0 Å².